The van der Waals surface area contributed by atoms with Crippen LogP contribution in [0.15, 0.2) is 30.6 Å². The van der Waals surface area contributed by atoms with Crippen LogP contribution in [0.25, 0.3) is 0 Å². The van der Waals surface area contributed by atoms with Crippen LogP contribution >= 0.6 is 11.6 Å². The van der Waals surface area contributed by atoms with E-state index in [4.69, 9.17) is 16.3 Å². The Labute approximate surface area is 192 Å². The monoisotopic (exact) mass is 511 g/mol. The molecule has 1 unspecified atom stereocenters. The van der Waals surface area contributed by atoms with Gasteiger partial charge in [0.2, 0.25) is 0 Å². The molecule has 3 rings (SSSR count). The quantitative estimate of drug-likeness (QED) is 0.572. The molecule has 2 aromatic rings. The number of nitrogens with zero attached hydrogens (tertiary/aromatic N) is 3. The third-order valence-corrected chi connectivity index (χ3v) is 6.67. The predicted octanol–water partition coefficient (Wildman–Crippen LogP) is 2.02. The van der Waals surface area contributed by atoms with Crippen molar-refractivity contribution in [1.82, 2.24) is 9.78 Å². The van der Waals surface area contributed by atoms with Crippen molar-refractivity contribution in [2.24, 2.45) is 7.05 Å². The van der Waals surface area contributed by atoms with Gasteiger partial charge in [-0.1, -0.05) is 11.6 Å². The van der Waals surface area contributed by atoms with Crippen LogP contribution in [0.1, 0.15) is 18.4 Å². The van der Waals surface area contributed by atoms with E-state index in [9.17, 15) is 31.6 Å². The number of rotatable bonds is 6. The largest absolute Gasteiger partial charge is 0.608 e. The molecule has 33 heavy (non-hydrogen) atoms. The number of ether oxygens (including phenoxy) is 1. The summed E-state index contributed by atoms with van der Waals surface area (Å²) in [6, 6.07) is 0.953. The summed E-state index contributed by atoms with van der Waals surface area (Å²) in [4.78, 5) is 12.5. The summed E-state index contributed by atoms with van der Waals surface area (Å²) >= 11 is 5.81. The fourth-order valence-corrected chi connectivity index (χ4v) is 5.13. The molecule has 1 aliphatic heterocycles. The van der Waals surface area contributed by atoms with Gasteiger partial charge in [0.05, 0.1) is 24.3 Å². The van der Waals surface area contributed by atoms with Gasteiger partial charge in [-0.2, -0.15) is 31.2 Å². The van der Waals surface area contributed by atoms with Crippen molar-refractivity contribution in [3.8, 4) is 0 Å². The minimum atomic E-state index is -4.85. The lowest BCUT2D eigenvalue weighted by atomic mass is 10.1. The molecule has 0 bridgehead atoms. The number of quaternary nitrogens is 1. The Kier molecular flexibility index (Phi) is 7.53. The minimum absolute atomic E-state index is 0.0979. The van der Waals surface area contributed by atoms with E-state index in [1.807, 2.05) is 5.32 Å². The van der Waals surface area contributed by atoms with E-state index in [0.29, 0.717) is 0 Å². The van der Waals surface area contributed by atoms with Crippen LogP contribution in [0.5, 0.6) is 0 Å². The zero-order valence-electron chi connectivity index (χ0n) is 17.3. The molecule has 182 valence electrons. The van der Waals surface area contributed by atoms with E-state index in [1.54, 1.807) is 7.05 Å². The van der Waals surface area contributed by atoms with E-state index in [0.717, 1.165) is 22.5 Å². The Morgan fingerprint density at radius 3 is 2.61 bits per heavy atom. The molecule has 1 atom stereocenters. The van der Waals surface area contributed by atoms with Crippen molar-refractivity contribution in [3.63, 3.8) is 0 Å². The number of hydrogen-bond acceptors (Lipinski definition) is 6. The highest BCUT2D eigenvalue weighted by molar-refractivity contribution is 7.86. The van der Waals surface area contributed by atoms with Crippen molar-refractivity contribution in [1.29, 1.82) is 0 Å². The summed E-state index contributed by atoms with van der Waals surface area (Å²) < 4.78 is 70.1. The standard InChI is InChI=1S/C18H21ClF3N5O5S/c1-25-11-16(10-23-25)26(15-2-4-32-5-3-15)33(30,31)27(29)17(28)24-14-7-12(6-13(19)8-14)9-18(20,21)22/h6-8,10-11,15,27H,2-5,9H2,1H3,(H,24,28). The van der Waals surface area contributed by atoms with Crippen LogP contribution in [0.3, 0.4) is 0 Å². The van der Waals surface area contributed by atoms with Gasteiger partial charge in [0.1, 0.15) is 0 Å². The number of alkyl halides is 3. The Morgan fingerprint density at radius 1 is 1.36 bits per heavy atom. The molecule has 2 heterocycles. The van der Waals surface area contributed by atoms with Crippen LogP contribution in [0.4, 0.5) is 29.3 Å². The van der Waals surface area contributed by atoms with Crippen LogP contribution in [-0.2, 0) is 28.4 Å². The van der Waals surface area contributed by atoms with E-state index < -0.39 is 39.3 Å². The van der Waals surface area contributed by atoms with Gasteiger partial charge in [-0.05, 0) is 36.6 Å². The Hall–Kier alpha value is -2.39. The molecule has 1 saturated heterocycles. The van der Waals surface area contributed by atoms with Crippen molar-refractivity contribution in [2.45, 2.75) is 31.5 Å². The number of benzene rings is 1. The fraction of sp³-hybridized carbons (Fsp3) is 0.444. The number of urea groups is 1. The Morgan fingerprint density at radius 2 is 2.03 bits per heavy atom. The normalized spacial score (nSPS) is 16.4. The molecule has 15 heteroatoms. The summed E-state index contributed by atoms with van der Waals surface area (Å²) in [5.74, 6) is 0. The number of carbonyl (C=O) groups is 1. The summed E-state index contributed by atoms with van der Waals surface area (Å²) in [5, 5.41) is 18.6. The maximum absolute atomic E-state index is 13.2. The number of anilines is 2. The molecule has 10 nitrogen and oxygen atoms in total. The number of nitrogens with one attached hydrogen (secondary N) is 2. The number of amides is 2. The average molecular weight is 512 g/mol. The number of aromatic nitrogens is 2. The third kappa shape index (κ3) is 6.35. The van der Waals surface area contributed by atoms with Gasteiger partial charge in [-0.3, -0.25) is 10.00 Å². The van der Waals surface area contributed by atoms with Crippen molar-refractivity contribution < 1.29 is 35.6 Å². The summed E-state index contributed by atoms with van der Waals surface area (Å²) in [5.41, 5.74) is -0.408. The van der Waals surface area contributed by atoms with E-state index >= 15 is 0 Å². The lowest BCUT2D eigenvalue weighted by Gasteiger charge is -2.35. The maximum Gasteiger partial charge on any atom is 0.436 e. The molecule has 1 aliphatic rings. The van der Waals surface area contributed by atoms with Crippen LogP contribution < -0.4 is 14.1 Å². The van der Waals surface area contributed by atoms with Gasteiger partial charge in [0, 0.05) is 37.2 Å². The van der Waals surface area contributed by atoms with Crippen molar-refractivity contribution in [2.75, 3.05) is 22.8 Å². The van der Waals surface area contributed by atoms with Gasteiger partial charge < -0.3 is 9.94 Å². The van der Waals surface area contributed by atoms with Crippen molar-refractivity contribution in [3.05, 3.63) is 46.4 Å². The van der Waals surface area contributed by atoms with Crippen LogP contribution in [0, 0.1) is 5.21 Å². The lowest BCUT2D eigenvalue weighted by molar-refractivity contribution is -0.604. The highest BCUT2D eigenvalue weighted by atomic mass is 35.5. The number of halogens is 4. The summed E-state index contributed by atoms with van der Waals surface area (Å²) in [6.45, 7) is 0.531. The molecule has 1 fully saturated rings. The smallest absolute Gasteiger partial charge is 0.436 e. The second-order valence-corrected chi connectivity index (χ2v) is 9.55. The van der Waals surface area contributed by atoms with Gasteiger partial charge in [-0.15, -0.1) is 0 Å². The molecule has 2 N–H and O–H groups in total. The number of hydroxylamine groups is 1. The first kappa shape index (κ1) is 25.2. The zero-order valence-corrected chi connectivity index (χ0v) is 18.9. The Bertz CT molecular complexity index is 1110. The molecule has 1 aromatic carbocycles. The van der Waals surface area contributed by atoms with Gasteiger partial charge in [-0.25, -0.2) is 9.10 Å². The molecule has 2 amide bonds. The third-order valence-electron chi connectivity index (χ3n) is 4.77. The first-order valence-electron chi connectivity index (χ1n) is 9.69. The molecular weight excluding hydrogens is 491 g/mol. The molecule has 1 aromatic heterocycles. The SMILES string of the molecule is Cn1cc(N(C2CCOCC2)S(=O)(=O)[NH+]([O-])C(=O)Nc2cc(Cl)cc(CC(F)(F)F)c2)cn1. The molecule has 0 radical (unpaired) electrons. The zero-order chi connectivity index (χ0) is 24.4. The van der Waals surface area contributed by atoms with Crippen LogP contribution in [0.2, 0.25) is 5.02 Å². The first-order valence-corrected chi connectivity index (χ1v) is 11.5. The number of hydrogen-bond donors (Lipinski definition) is 2. The second-order valence-electron chi connectivity index (χ2n) is 7.40. The van der Waals surface area contributed by atoms with E-state index in [2.05, 4.69) is 5.10 Å². The Balaban J connectivity index is 1.85. The predicted molar refractivity (Wildman–Crippen MR) is 113 cm³/mol. The average Bonchev–Trinajstić information content (AvgIpc) is 3.11. The molecular formula is C18H21ClF3N5O5S. The highest BCUT2D eigenvalue weighted by Gasteiger charge is 2.40. The van der Waals surface area contributed by atoms with Crippen molar-refractivity contribution >= 4 is 39.2 Å². The van der Waals surface area contributed by atoms with Gasteiger partial charge in [0.25, 0.3) is 0 Å². The van der Waals surface area contributed by atoms with Gasteiger partial charge in [0.15, 0.2) is 0 Å². The number of aryl methyl sites for hydroxylation is 1. The van der Waals surface area contributed by atoms with E-state index in [1.165, 1.54) is 17.1 Å². The topological polar surface area (TPSA) is 121 Å². The van der Waals surface area contributed by atoms with Gasteiger partial charge >= 0.3 is 22.4 Å². The second kappa shape index (κ2) is 9.85. The van der Waals surface area contributed by atoms with E-state index in [-0.39, 0.29) is 48.0 Å². The highest BCUT2D eigenvalue weighted by Crippen LogP contribution is 2.27. The maximum atomic E-state index is 13.2. The summed E-state index contributed by atoms with van der Waals surface area (Å²) in [6.07, 6.45) is -2.63. The first-order chi connectivity index (χ1) is 15.4. The molecule has 0 saturated carbocycles. The number of carbonyl (C=O) groups excluding carboxylic acids is 1. The lowest BCUT2D eigenvalue weighted by Crippen LogP contribution is -3.14. The molecule has 0 aliphatic carbocycles. The summed E-state index contributed by atoms with van der Waals surface area (Å²) in [7, 11) is -3.29. The fourth-order valence-electron chi connectivity index (χ4n) is 3.43. The minimum Gasteiger partial charge on any atom is -0.608 e. The molecule has 0 spiro atoms. The van der Waals surface area contributed by atoms with Crippen LogP contribution in [-0.4, -0.2) is 49.7 Å².